The Morgan fingerprint density at radius 2 is 1.75 bits per heavy atom. The molecule has 1 rings (SSSR count). The van der Waals surface area contributed by atoms with Gasteiger partial charge in [0.25, 0.3) is 0 Å². The third kappa shape index (κ3) is 3.48. The molecule has 1 saturated heterocycles. The van der Waals surface area contributed by atoms with Gasteiger partial charge in [-0.05, 0) is 32.4 Å². The van der Waals surface area contributed by atoms with Crippen LogP contribution in [0.25, 0.3) is 0 Å². The summed E-state index contributed by atoms with van der Waals surface area (Å²) in [6.45, 7) is 10.7. The Labute approximate surface area is 99.8 Å². The molecule has 1 amide bonds. The Balaban J connectivity index is 2.35. The van der Waals surface area contributed by atoms with E-state index in [0.29, 0.717) is 11.9 Å². The molecule has 0 aromatic carbocycles. The lowest BCUT2D eigenvalue weighted by Crippen LogP contribution is -2.46. The number of piperidine rings is 1. The Morgan fingerprint density at radius 3 is 2.19 bits per heavy atom. The zero-order valence-electron chi connectivity index (χ0n) is 11.0. The fourth-order valence-corrected chi connectivity index (χ4v) is 2.59. The van der Waals surface area contributed by atoms with Crippen molar-refractivity contribution in [2.75, 3.05) is 26.2 Å². The van der Waals surface area contributed by atoms with Crippen LogP contribution < -0.4 is 0 Å². The summed E-state index contributed by atoms with van der Waals surface area (Å²) < 4.78 is 0. The average molecular weight is 226 g/mol. The van der Waals surface area contributed by atoms with Gasteiger partial charge in [-0.2, -0.15) is 0 Å². The lowest BCUT2D eigenvalue weighted by Gasteiger charge is -2.37. The van der Waals surface area contributed by atoms with Crippen molar-refractivity contribution in [1.82, 2.24) is 9.80 Å². The maximum atomic E-state index is 11.7. The maximum Gasteiger partial charge on any atom is 0.222 e. The first-order chi connectivity index (χ1) is 7.72. The van der Waals surface area contributed by atoms with Crippen LogP contribution in [0.15, 0.2) is 0 Å². The molecule has 94 valence electrons. The summed E-state index contributed by atoms with van der Waals surface area (Å²) in [4.78, 5) is 16.3. The van der Waals surface area contributed by atoms with Crippen LogP contribution in [-0.2, 0) is 4.79 Å². The third-order valence-corrected chi connectivity index (χ3v) is 3.61. The van der Waals surface area contributed by atoms with E-state index in [-0.39, 0.29) is 0 Å². The second-order valence-electron chi connectivity index (χ2n) is 4.58. The number of hydrogen-bond acceptors (Lipinski definition) is 2. The number of carbonyl (C=O) groups excluding carboxylic acids is 1. The van der Waals surface area contributed by atoms with Crippen LogP contribution in [-0.4, -0.2) is 47.9 Å². The summed E-state index contributed by atoms with van der Waals surface area (Å²) in [6.07, 6.45) is 3.99. The second kappa shape index (κ2) is 6.89. The molecular formula is C13H26N2O. The first-order valence-corrected chi connectivity index (χ1v) is 6.74. The van der Waals surface area contributed by atoms with E-state index in [9.17, 15) is 4.79 Å². The molecule has 16 heavy (non-hydrogen) atoms. The van der Waals surface area contributed by atoms with Crippen molar-refractivity contribution in [3.05, 3.63) is 0 Å². The summed E-state index contributed by atoms with van der Waals surface area (Å²) in [7, 11) is 0. The van der Waals surface area contributed by atoms with E-state index in [2.05, 4.69) is 25.7 Å². The Kier molecular flexibility index (Phi) is 5.81. The number of hydrogen-bond donors (Lipinski definition) is 0. The second-order valence-corrected chi connectivity index (χ2v) is 4.58. The molecule has 0 spiro atoms. The molecule has 1 aliphatic heterocycles. The van der Waals surface area contributed by atoms with E-state index in [4.69, 9.17) is 0 Å². The van der Waals surface area contributed by atoms with E-state index < -0.39 is 0 Å². The molecular weight excluding hydrogens is 200 g/mol. The smallest absolute Gasteiger partial charge is 0.222 e. The molecule has 0 atom stereocenters. The zero-order valence-corrected chi connectivity index (χ0v) is 11.0. The van der Waals surface area contributed by atoms with Gasteiger partial charge in [-0.3, -0.25) is 4.79 Å². The van der Waals surface area contributed by atoms with Gasteiger partial charge in [-0.1, -0.05) is 20.8 Å². The molecule has 0 saturated carbocycles. The largest absolute Gasteiger partial charge is 0.343 e. The van der Waals surface area contributed by atoms with E-state index >= 15 is 0 Å². The van der Waals surface area contributed by atoms with E-state index in [1.165, 1.54) is 0 Å². The summed E-state index contributed by atoms with van der Waals surface area (Å²) in [6, 6.07) is 0.695. The van der Waals surface area contributed by atoms with Gasteiger partial charge in [0.05, 0.1) is 0 Å². The highest BCUT2D eigenvalue weighted by molar-refractivity contribution is 5.76. The molecule has 3 nitrogen and oxygen atoms in total. The number of carbonyl (C=O) groups is 1. The van der Waals surface area contributed by atoms with Crippen LogP contribution >= 0.6 is 0 Å². The van der Waals surface area contributed by atoms with Crippen molar-refractivity contribution in [3.8, 4) is 0 Å². The van der Waals surface area contributed by atoms with Gasteiger partial charge in [0.15, 0.2) is 0 Å². The standard InChI is InChI=1S/C13H26N2O/c1-4-7-13(16)15-10-8-12(9-11-15)14(5-2)6-3/h12H,4-11H2,1-3H3. The van der Waals surface area contributed by atoms with Gasteiger partial charge in [0, 0.05) is 25.6 Å². The van der Waals surface area contributed by atoms with E-state index in [1.54, 1.807) is 0 Å². The van der Waals surface area contributed by atoms with Crippen molar-refractivity contribution in [2.45, 2.75) is 52.5 Å². The predicted molar refractivity (Wildman–Crippen MR) is 67.4 cm³/mol. The predicted octanol–water partition coefficient (Wildman–Crippen LogP) is 2.12. The lowest BCUT2D eigenvalue weighted by atomic mass is 10.0. The molecule has 1 aliphatic rings. The molecule has 1 heterocycles. The summed E-state index contributed by atoms with van der Waals surface area (Å²) in [5, 5.41) is 0. The van der Waals surface area contributed by atoms with Crippen LogP contribution in [0.2, 0.25) is 0 Å². The zero-order chi connectivity index (χ0) is 12.0. The molecule has 0 unspecified atom stereocenters. The van der Waals surface area contributed by atoms with Crippen LogP contribution in [0.3, 0.4) is 0 Å². The molecule has 1 fully saturated rings. The molecule has 0 bridgehead atoms. The van der Waals surface area contributed by atoms with Crippen LogP contribution in [0.1, 0.15) is 46.5 Å². The first-order valence-electron chi connectivity index (χ1n) is 6.74. The van der Waals surface area contributed by atoms with Crippen molar-refractivity contribution in [3.63, 3.8) is 0 Å². The molecule has 0 radical (unpaired) electrons. The summed E-state index contributed by atoms with van der Waals surface area (Å²) in [5.41, 5.74) is 0. The monoisotopic (exact) mass is 226 g/mol. The first kappa shape index (κ1) is 13.5. The molecule has 0 aliphatic carbocycles. The van der Waals surface area contributed by atoms with Crippen LogP contribution in [0.5, 0.6) is 0 Å². The maximum absolute atomic E-state index is 11.7. The van der Waals surface area contributed by atoms with Gasteiger partial charge in [-0.25, -0.2) is 0 Å². The minimum atomic E-state index is 0.348. The quantitative estimate of drug-likeness (QED) is 0.717. The number of nitrogens with zero attached hydrogens (tertiary/aromatic N) is 2. The van der Waals surface area contributed by atoms with E-state index in [0.717, 1.165) is 51.9 Å². The van der Waals surface area contributed by atoms with Gasteiger partial charge in [0.1, 0.15) is 0 Å². The van der Waals surface area contributed by atoms with Gasteiger partial charge >= 0.3 is 0 Å². The Morgan fingerprint density at radius 1 is 1.19 bits per heavy atom. The van der Waals surface area contributed by atoms with Crippen LogP contribution in [0.4, 0.5) is 0 Å². The minimum absolute atomic E-state index is 0.348. The highest BCUT2D eigenvalue weighted by Gasteiger charge is 2.24. The Bertz CT molecular complexity index is 206. The SMILES string of the molecule is CCCC(=O)N1CCC(N(CC)CC)CC1. The van der Waals surface area contributed by atoms with E-state index in [1.807, 2.05) is 4.90 Å². The van der Waals surface area contributed by atoms with Gasteiger partial charge in [0.2, 0.25) is 5.91 Å². The van der Waals surface area contributed by atoms with Crippen LogP contribution in [0, 0.1) is 0 Å². The van der Waals surface area contributed by atoms with Crippen molar-refractivity contribution >= 4 is 5.91 Å². The average Bonchev–Trinajstić information content (AvgIpc) is 2.32. The van der Waals surface area contributed by atoms with Crippen molar-refractivity contribution in [2.24, 2.45) is 0 Å². The Hall–Kier alpha value is -0.570. The molecule has 3 heteroatoms. The topological polar surface area (TPSA) is 23.6 Å². The summed E-state index contributed by atoms with van der Waals surface area (Å²) >= 11 is 0. The fraction of sp³-hybridized carbons (Fsp3) is 0.923. The van der Waals surface area contributed by atoms with Gasteiger partial charge < -0.3 is 9.80 Å². The number of likely N-dealkylation sites (tertiary alicyclic amines) is 1. The highest BCUT2D eigenvalue weighted by Crippen LogP contribution is 2.17. The lowest BCUT2D eigenvalue weighted by molar-refractivity contribution is -0.132. The summed E-state index contributed by atoms with van der Waals surface area (Å²) in [5.74, 6) is 0.348. The highest BCUT2D eigenvalue weighted by atomic mass is 16.2. The fourth-order valence-electron chi connectivity index (χ4n) is 2.59. The number of amides is 1. The van der Waals surface area contributed by atoms with Crippen molar-refractivity contribution < 1.29 is 4.79 Å². The minimum Gasteiger partial charge on any atom is -0.343 e. The van der Waals surface area contributed by atoms with Gasteiger partial charge in [-0.15, -0.1) is 0 Å². The molecule has 0 aromatic rings. The normalized spacial score (nSPS) is 18.1. The number of rotatable bonds is 5. The van der Waals surface area contributed by atoms with Crippen molar-refractivity contribution in [1.29, 1.82) is 0 Å². The molecule has 0 aromatic heterocycles. The third-order valence-electron chi connectivity index (χ3n) is 3.61. The molecule has 0 N–H and O–H groups in total.